The van der Waals surface area contributed by atoms with Gasteiger partial charge in [-0.2, -0.15) is 0 Å². The van der Waals surface area contributed by atoms with Crippen molar-refractivity contribution in [3.8, 4) is 0 Å². The highest BCUT2D eigenvalue weighted by molar-refractivity contribution is 5.92. The van der Waals surface area contributed by atoms with Gasteiger partial charge in [-0.15, -0.1) is 12.4 Å². The van der Waals surface area contributed by atoms with Crippen molar-refractivity contribution in [2.24, 2.45) is 11.7 Å². The molecule has 7 heteroatoms. The molecular weight excluding hydrogens is 281 g/mol. The summed E-state index contributed by atoms with van der Waals surface area (Å²) < 4.78 is 38.6. The normalized spacial score (nSPS) is 21.9. The van der Waals surface area contributed by atoms with Crippen LogP contribution in [0.25, 0.3) is 0 Å². The fourth-order valence-electron chi connectivity index (χ4n) is 2.13. The van der Waals surface area contributed by atoms with Gasteiger partial charge in [0.15, 0.2) is 17.5 Å². The van der Waals surface area contributed by atoms with Crippen LogP contribution < -0.4 is 11.1 Å². The van der Waals surface area contributed by atoms with Gasteiger partial charge in [-0.05, 0) is 19.3 Å². The van der Waals surface area contributed by atoms with Gasteiger partial charge < -0.3 is 11.1 Å². The molecular formula is C12H14ClF3N2O. The number of nitrogens with two attached hydrogens (primary N) is 1. The van der Waals surface area contributed by atoms with E-state index in [1.807, 2.05) is 0 Å². The van der Waals surface area contributed by atoms with Gasteiger partial charge in [0.2, 0.25) is 5.91 Å². The van der Waals surface area contributed by atoms with Gasteiger partial charge in [0.25, 0.3) is 0 Å². The van der Waals surface area contributed by atoms with Gasteiger partial charge in [0, 0.05) is 29.8 Å². The Morgan fingerprint density at radius 3 is 2.26 bits per heavy atom. The molecule has 0 radical (unpaired) electrons. The lowest BCUT2D eigenvalue weighted by molar-refractivity contribution is -0.119. The lowest BCUT2D eigenvalue weighted by Gasteiger charge is -2.11. The average Bonchev–Trinajstić information content (AvgIpc) is 2.72. The molecule has 1 amide bonds. The molecule has 2 rings (SSSR count). The van der Waals surface area contributed by atoms with E-state index >= 15 is 0 Å². The van der Waals surface area contributed by atoms with Crippen molar-refractivity contribution in [1.82, 2.24) is 0 Å². The van der Waals surface area contributed by atoms with Crippen LogP contribution >= 0.6 is 12.4 Å². The first-order valence-electron chi connectivity index (χ1n) is 5.68. The molecule has 3 nitrogen and oxygen atoms in total. The lowest BCUT2D eigenvalue weighted by atomic mass is 10.1. The largest absolute Gasteiger partial charge is 0.328 e. The predicted molar refractivity (Wildman–Crippen MR) is 67.5 cm³/mol. The second kappa shape index (κ2) is 6.25. The average molecular weight is 295 g/mol. The highest BCUT2D eigenvalue weighted by atomic mass is 35.5. The fourth-order valence-corrected chi connectivity index (χ4v) is 2.13. The van der Waals surface area contributed by atoms with E-state index in [0.717, 1.165) is 18.6 Å². The summed E-state index contributed by atoms with van der Waals surface area (Å²) in [6.45, 7) is 0. The number of halogens is 4. The minimum absolute atomic E-state index is 0. The van der Waals surface area contributed by atoms with E-state index < -0.39 is 17.5 Å². The molecule has 1 aliphatic rings. The van der Waals surface area contributed by atoms with Crippen molar-refractivity contribution in [2.45, 2.75) is 25.3 Å². The Kier molecular flexibility index (Phi) is 5.20. The van der Waals surface area contributed by atoms with E-state index in [1.165, 1.54) is 0 Å². The maximum atomic E-state index is 12.9. The van der Waals surface area contributed by atoms with Crippen LogP contribution in [-0.4, -0.2) is 11.9 Å². The standard InChI is InChI=1S/C12H13F3N2O.ClH/c13-9-4-8(5-10(14)11(9)15)17-12(18)6-1-2-7(16)3-6;/h4-7H,1-3,16H2,(H,17,18);1H. The van der Waals surface area contributed by atoms with Crippen molar-refractivity contribution in [3.05, 3.63) is 29.6 Å². The highest BCUT2D eigenvalue weighted by Crippen LogP contribution is 2.26. The van der Waals surface area contributed by atoms with Gasteiger partial charge in [-0.1, -0.05) is 0 Å². The number of rotatable bonds is 2. The fraction of sp³-hybridized carbons (Fsp3) is 0.417. The van der Waals surface area contributed by atoms with Crippen LogP contribution in [0, 0.1) is 23.4 Å². The SMILES string of the molecule is Cl.NC1CCC(C(=O)Nc2cc(F)c(F)c(F)c2)C1. The molecule has 0 bridgehead atoms. The Labute approximate surface area is 114 Å². The molecule has 1 fully saturated rings. The third kappa shape index (κ3) is 3.61. The Morgan fingerprint density at radius 2 is 1.79 bits per heavy atom. The Bertz CT molecular complexity index is 461. The maximum Gasteiger partial charge on any atom is 0.227 e. The summed E-state index contributed by atoms with van der Waals surface area (Å²) >= 11 is 0. The van der Waals surface area contributed by atoms with Gasteiger partial charge in [0.05, 0.1) is 0 Å². The first kappa shape index (κ1) is 15.8. The number of hydrogen-bond acceptors (Lipinski definition) is 2. The zero-order valence-corrected chi connectivity index (χ0v) is 10.8. The van der Waals surface area contributed by atoms with Crippen molar-refractivity contribution >= 4 is 24.0 Å². The number of amides is 1. The zero-order chi connectivity index (χ0) is 13.3. The zero-order valence-electron chi connectivity index (χ0n) is 9.96. The van der Waals surface area contributed by atoms with E-state index in [2.05, 4.69) is 5.32 Å². The van der Waals surface area contributed by atoms with Crippen molar-refractivity contribution in [2.75, 3.05) is 5.32 Å². The molecule has 3 N–H and O–H groups in total. The van der Waals surface area contributed by atoms with Crippen molar-refractivity contribution in [1.29, 1.82) is 0 Å². The third-order valence-electron chi connectivity index (χ3n) is 3.10. The number of carbonyl (C=O) groups excluding carboxylic acids is 1. The second-order valence-corrected chi connectivity index (χ2v) is 4.51. The van der Waals surface area contributed by atoms with E-state index in [9.17, 15) is 18.0 Å². The minimum atomic E-state index is -1.55. The van der Waals surface area contributed by atoms with E-state index in [4.69, 9.17) is 5.73 Å². The monoisotopic (exact) mass is 294 g/mol. The van der Waals surface area contributed by atoms with E-state index in [0.29, 0.717) is 12.8 Å². The predicted octanol–water partition coefficient (Wildman–Crippen LogP) is 2.59. The first-order chi connectivity index (χ1) is 8.47. The molecule has 0 aliphatic heterocycles. The minimum Gasteiger partial charge on any atom is -0.328 e. The number of hydrogen-bond donors (Lipinski definition) is 2. The van der Waals surface area contributed by atoms with Gasteiger partial charge in [-0.3, -0.25) is 4.79 Å². The molecule has 1 aromatic carbocycles. The smallest absolute Gasteiger partial charge is 0.227 e. The summed E-state index contributed by atoms with van der Waals surface area (Å²) in [4.78, 5) is 11.8. The second-order valence-electron chi connectivity index (χ2n) is 4.51. The van der Waals surface area contributed by atoms with Crippen molar-refractivity contribution in [3.63, 3.8) is 0 Å². The van der Waals surface area contributed by atoms with Gasteiger partial charge in [-0.25, -0.2) is 13.2 Å². The summed E-state index contributed by atoms with van der Waals surface area (Å²) in [5.74, 6) is -4.79. The quantitative estimate of drug-likeness (QED) is 0.824. The molecule has 2 atom stereocenters. The van der Waals surface area contributed by atoms with Crippen LogP contribution in [-0.2, 0) is 4.79 Å². The molecule has 0 spiro atoms. The van der Waals surface area contributed by atoms with Crippen LogP contribution in [0.2, 0.25) is 0 Å². The Morgan fingerprint density at radius 1 is 1.21 bits per heavy atom. The molecule has 2 unspecified atom stereocenters. The molecule has 0 heterocycles. The molecule has 0 saturated heterocycles. The van der Waals surface area contributed by atoms with Gasteiger partial charge >= 0.3 is 0 Å². The topological polar surface area (TPSA) is 55.1 Å². The molecule has 19 heavy (non-hydrogen) atoms. The summed E-state index contributed by atoms with van der Waals surface area (Å²) in [7, 11) is 0. The summed E-state index contributed by atoms with van der Waals surface area (Å²) in [6, 6.07) is 1.50. The number of carbonyl (C=O) groups is 1. The molecule has 106 valence electrons. The molecule has 1 aromatic rings. The maximum absolute atomic E-state index is 12.9. The van der Waals surface area contributed by atoms with Crippen LogP contribution in [0.4, 0.5) is 18.9 Å². The third-order valence-corrected chi connectivity index (χ3v) is 3.10. The van der Waals surface area contributed by atoms with E-state index in [-0.39, 0.29) is 36.0 Å². The Hall–Kier alpha value is -1.27. The summed E-state index contributed by atoms with van der Waals surface area (Å²) in [6.07, 6.45) is 1.96. The Balaban J connectivity index is 0.00000180. The number of benzene rings is 1. The van der Waals surface area contributed by atoms with Crippen molar-refractivity contribution < 1.29 is 18.0 Å². The van der Waals surface area contributed by atoms with Crippen LogP contribution in [0.5, 0.6) is 0 Å². The highest BCUT2D eigenvalue weighted by Gasteiger charge is 2.28. The number of anilines is 1. The number of nitrogens with one attached hydrogen (secondary N) is 1. The molecule has 0 aromatic heterocycles. The summed E-state index contributed by atoms with van der Waals surface area (Å²) in [5, 5.41) is 2.37. The van der Waals surface area contributed by atoms with E-state index in [1.54, 1.807) is 0 Å². The first-order valence-corrected chi connectivity index (χ1v) is 5.68. The van der Waals surface area contributed by atoms with Crippen LogP contribution in [0.1, 0.15) is 19.3 Å². The van der Waals surface area contributed by atoms with Crippen LogP contribution in [0.15, 0.2) is 12.1 Å². The molecule has 1 aliphatic carbocycles. The summed E-state index contributed by atoms with van der Waals surface area (Å²) in [5.41, 5.74) is 5.59. The molecule has 1 saturated carbocycles. The van der Waals surface area contributed by atoms with Crippen LogP contribution in [0.3, 0.4) is 0 Å². The van der Waals surface area contributed by atoms with Gasteiger partial charge in [0.1, 0.15) is 0 Å². The lowest BCUT2D eigenvalue weighted by Crippen LogP contribution is -2.23.